The molecule has 0 aliphatic heterocycles. The van der Waals surface area contributed by atoms with Crippen LogP contribution in [0.2, 0.25) is 0 Å². The number of halogens is 1. The molecular formula is C8H11Br. The fraction of sp³-hybridized carbons (Fsp3) is 0.750. The van der Waals surface area contributed by atoms with Crippen LogP contribution in [0.1, 0.15) is 12.8 Å². The Hall–Kier alpha value is 0.220. The maximum atomic E-state index is 3.54. The van der Waals surface area contributed by atoms with Gasteiger partial charge in [-0.1, -0.05) is 28.1 Å². The van der Waals surface area contributed by atoms with Crippen LogP contribution < -0.4 is 0 Å². The highest BCUT2D eigenvalue weighted by Gasteiger charge is 2.34. The van der Waals surface area contributed by atoms with Crippen LogP contribution in [-0.4, -0.2) is 5.33 Å². The van der Waals surface area contributed by atoms with Crippen molar-refractivity contribution < 1.29 is 0 Å². The van der Waals surface area contributed by atoms with E-state index in [0.29, 0.717) is 0 Å². The van der Waals surface area contributed by atoms with Crippen LogP contribution >= 0.6 is 15.9 Å². The summed E-state index contributed by atoms with van der Waals surface area (Å²) >= 11 is 3.54. The van der Waals surface area contributed by atoms with Crippen LogP contribution in [0, 0.1) is 17.8 Å². The van der Waals surface area contributed by atoms with Gasteiger partial charge in [0.25, 0.3) is 0 Å². The monoisotopic (exact) mass is 186 g/mol. The number of fused-ring (bicyclic) bond motifs is 2. The molecule has 0 aromatic rings. The predicted molar refractivity (Wildman–Crippen MR) is 42.6 cm³/mol. The van der Waals surface area contributed by atoms with Crippen molar-refractivity contribution in [3.8, 4) is 0 Å². The maximum absolute atomic E-state index is 3.54. The molecule has 1 fully saturated rings. The lowest BCUT2D eigenvalue weighted by molar-refractivity contribution is 0.505. The molecule has 2 aliphatic rings. The van der Waals surface area contributed by atoms with Crippen molar-refractivity contribution in [3.63, 3.8) is 0 Å². The van der Waals surface area contributed by atoms with Crippen molar-refractivity contribution in [1.29, 1.82) is 0 Å². The van der Waals surface area contributed by atoms with Crippen molar-refractivity contribution in [2.45, 2.75) is 12.8 Å². The summed E-state index contributed by atoms with van der Waals surface area (Å²) in [7, 11) is 0. The fourth-order valence-electron chi connectivity index (χ4n) is 2.07. The van der Waals surface area contributed by atoms with E-state index in [0.717, 1.165) is 17.8 Å². The maximum Gasteiger partial charge on any atom is 0.00655 e. The molecule has 3 atom stereocenters. The molecule has 2 rings (SSSR count). The van der Waals surface area contributed by atoms with Gasteiger partial charge in [-0.25, -0.2) is 0 Å². The van der Waals surface area contributed by atoms with E-state index < -0.39 is 0 Å². The van der Waals surface area contributed by atoms with E-state index in [1.54, 1.807) is 0 Å². The van der Waals surface area contributed by atoms with Gasteiger partial charge in [-0.05, 0) is 30.6 Å². The Morgan fingerprint density at radius 2 is 2.22 bits per heavy atom. The SMILES string of the molecule is BrC[C@@H]1C[C@@H]2C=C[C@H]1C2. The minimum atomic E-state index is 0.925. The Kier molecular flexibility index (Phi) is 1.40. The van der Waals surface area contributed by atoms with Crippen LogP contribution in [0.25, 0.3) is 0 Å². The summed E-state index contributed by atoms with van der Waals surface area (Å²) in [6.07, 6.45) is 7.67. The van der Waals surface area contributed by atoms with E-state index in [-0.39, 0.29) is 0 Å². The lowest BCUT2D eigenvalue weighted by atomic mass is 9.96. The molecule has 50 valence electrons. The zero-order valence-electron chi connectivity index (χ0n) is 5.39. The first-order chi connectivity index (χ1) is 4.40. The smallest absolute Gasteiger partial charge is 0.00655 e. The zero-order chi connectivity index (χ0) is 6.27. The van der Waals surface area contributed by atoms with E-state index in [2.05, 4.69) is 28.1 Å². The highest BCUT2D eigenvalue weighted by molar-refractivity contribution is 9.09. The third-order valence-corrected chi connectivity index (χ3v) is 3.45. The molecule has 9 heavy (non-hydrogen) atoms. The zero-order valence-corrected chi connectivity index (χ0v) is 6.97. The molecule has 0 radical (unpaired) electrons. The molecule has 1 heteroatoms. The number of hydrogen-bond acceptors (Lipinski definition) is 0. The summed E-state index contributed by atoms with van der Waals surface area (Å²) in [5.41, 5.74) is 0. The fourth-order valence-corrected chi connectivity index (χ4v) is 2.82. The largest absolute Gasteiger partial charge is 0.0925 e. The second kappa shape index (κ2) is 2.12. The van der Waals surface area contributed by atoms with Crippen molar-refractivity contribution in [3.05, 3.63) is 12.2 Å². The Morgan fingerprint density at radius 3 is 2.56 bits per heavy atom. The Labute approximate surface area is 64.5 Å². The third kappa shape index (κ3) is 0.861. The van der Waals surface area contributed by atoms with Gasteiger partial charge in [0, 0.05) is 5.33 Å². The molecule has 0 aromatic carbocycles. The predicted octanol–water partition coefficient (Wildman–Crippen LogP) is 2.59. The first kappa shape index (κ1) is 5.96. The lowest BCUT2D eigenvalue weighted by Gasteiger charge is -2.13. The Morgan fingerprint density at radius 1 is 1.33 bits per heavy atom. The van der Waals surface area contributed by atoms with E-state index in [9.17, 15) is 0 Å². The Bertz CT molecular complexity index is 140. The summed E-state index contributed by atoms with van der Waals surface area (Å²) in [4.78, 5) is 0. The minimum Gasteiger partial charge on any atom is -0.0925 e. The molecule has 0 heterocycles. The van der Waals surface area contributed by atoms with Gasteiger partial charge in [0.2, 0.25) is 0 Å². The van der Waals surface area contributed by atoms with Gasteiger partial charge in [-0.2, -0.15) is 0 Å². The molecule has 0 aromatic heterocycles. The first-order valence-corrected chi connectivity index (χ1v) is 4.76. The Balaban J connectivity index is 2.10. The minimum absolute atomic E-state index is 0.925. The summed E-state index contributed by atoms with van der Waals surface area (Å²) in [5, 5.41) is 1.21. The third-order valence-electron chi connectivity index (χ3n) is 2.61. The molecular weight excluding hydrogens is 176 g/mol. The highest BCUT2D eigenvalue weighted by Crippen LogP contribution is 2.43. The first-order valence-electron chi connectivity index (χ1n) is 3.64. The number of alkyl halides is 1. The number of allylic oxidation sites excluding steroid dienone is 2. The average molecular weight is 187 g/mol. The van der Waals surface area contributed by atoms with E-state index in [4.69, 9.17) is 0 Å². The van der Waals surface area contributed by atoms with Crippen LogP contribution in [0.15, 0.2) is 12.2 Å². The molecule has 0 nitrogen and oxygen atoms in total. The number of rotatable bonds is 1. The average Bonchev–Trinajstić information content (AvgIpc) is 2.45. The van der Waals surface area contributed by atoms with Gasteiger partial charge in [0.05, 0.1) is 0 Å². The van der Waals surface area contributed by atoms with Crippen LogP contribution in [0.4, 0.5) is 0 Å². The summed E-state index contributed by atoms with van der Waals surface area (Å²) in [5.74, 6) is 2.83. The van der Waals surface area contributed by atoms with Gasteiger partial charge in [-0.15, -0.1) is 0 Å². The second-order valence-electron chi connectivity index (χ2n) is 3.19. The lowest BCUT2D eigenvalue weighted by Crippen LogP contribution is -2.07. The summed E-state index contributed by atoms with van der Waals surface area (Å²) in [6, 6.07) is 0. The van der Waals surface area contributed by atoms with Crippen molar-refractivity contribution in [2.75, 3.05) is 5.33 Å². The molecule has 2 aliphatic carbocycles. The summed E-state index contributed by atoms with van der Waals surface area (Å²) < 4.78 is 0. The van der Waals surface area contributed by atoms with Crippen molar-refractivity contribution >= 4 is 15.9 Å². The molecule has 0 saturated heterocycles. The van der Waals surface area contributed by atoms with E-state index in [1.807, 2.05) is 0 Å². The van der Waals surface area contributed by atoms with Crippen LogP contribution in [0.5, 0.6) is 0 Å². The molecule has 0 amide bonds. The van der Waals surface area contributed by atoms with Crippen molar-refractivity contribution in [1.82, 2.24) is 0 Å². The van der Waals surface area contributed by atoms with Gasteiger partial charge >= 0.3 is 0 Å². The van der Waals surface area contributed by atoms with Gasteiger partial charge in [0.1, 0.15) is 0 Å². The van der Waals surface area contributed by atoms with Crippen molar-refractivity contribution in [2.24, 2.45) is 17.8 Å². The van der Waals surface area contributed by atoms with E-state index >= 15 is 0 Å². The van der Waals surface area contributed by atoms with Crippen LogP contribution in [-0.2, 0) is 0 Å². The van der Waals surface area contributed by atoms with Crippen LogP contribution in [0.3, 0.4) is 0 Å². The standard InChI is InChI=1S/C8H11Br/c9-5-8-4-6-1-2-7(8)3-6/h1-2,6-8H,3-5H2/t6-,7+,8+/m1/s1. The second-order valence-corrected chi connectivity index (χ2v) is 3.84. The quantitative estimate of drug-likeness (QED) is 0.437. The van der Waals surface area contributed by atoms with Gasteiger partial charge in [0.15, 0.2) is 0 Å². The van der Waals surface area contributed by atoms with E-state index in [1.165, 1.54) is 18.2 Å². The molecule has 1 saturated carbocycles. The normalized spacial score (nSPS) is 46.6. The molecule has 0 N–H and O–H groups in total. The molecule has 0 spiro atoms. The molecule has 2 bridgehead atoms. The molecule has 0 unspecified atom stereocenters. The van der Waals surface area contributed by atoms with Gasteiger partial charge in [-0.3, -0.25) is 0 Å². The number of hydrogen-bond donors (Lipinski definition) is 0. The highest BCUT2D eigenvalue weighted by atomic mass is 79.9. The topological polar surface area (TPSA) is 0 Å². The summed E-state index contributed by atoms with van der Waals surface area (Å²) in [6.45, 7) is 0. The van der Waals surface area contributed by atoms with Gasteiger partial charge < -0.3 is 0 Å².